The van der Waals surface area contributed by atoms with Crippen molar-refractivity contribution in [3.05, 3.63) is 35.4 Å². The summed E-state index contributed by atoms with van der Waals surface area (Å²) in [5, 5.41) is 5.62. The molecule has 162 valence electrons. The summed E-state index contributed by atoms with van der Waals surface area (Å²) in [5.74, 6) is -1.66. The first-order valence-electron chi connectivity index (χ1n) is 10.4. The van der Waals surface area contributed by atoms with Crippen LogP contribution in [-0.2, 0) is 9.53 Å². The zero-order chi connectivity index (χ0) is 21.6. The summed E-state index contributed by atoms with van der Waals surface area (Å²) in [5.41, 5.74) is -0.169. The Morgan fingerprint density at radius 2 is 1.67 bits per heavy atom. The first-order chi connectivity index (χ1) is 14.1. The first kappa shape index (κ1) is 20.8. The Balaban J connectivity index is 1.49. The van der Waals surface area contributed by atoms with Crippen molar-refractivity contribution in [1.82, 2.24) is 9.91 Å². The molecule has 1 aliphatic carbocycles. The van der Waals surface area contributed by atoms with E-state index in [-0.39, 0.29) is 29.8 Å². The van der Waals surface area contributed by atoms with Crippen LogP contribution in [0.4, 0.5) is 13.6 Å². The molecule has 2 amide bonds. The molecule has 4 rings (SSSR count). The van der Waals surface area contributed by atoms with Crippen LogP contribution in [0, 0.1) is 29.4 Å². The minimum Gasteiger partial charge on any atom is -0.444 e. The summed E-state index contributed by atoms with van der Waals surface area (Å²) >= 11 is 0. The molecule has 1 saturated heterocycles. The van der Waals surface area contributed by atoms with Gasteiger partial charge in [0.25, 0.3) is 0 Å². The maximum Gasteiger partial charge on any atom is 0.410 e. The van der Waals surface area contributed by atoms with Gasteiger partial charge in [-0.1, -0.05) is 0 Å². The number of hydrazone groups is 1. The van der Waals surface area contributed by atoms with E-state index in [0.29, 0.717) is 25.1 Å². The van der Waals surface area contributed by atoms with Gasteiger partial charge in [-0.3, -0.25) is 4.79 Å². The maximum atomic E-state index is 13.7. The first-order valence-corrected chi connectivity index (χ1v) is 10.4. The molecule has 1 aromatic rings. The van der Waals surface area contributed by atoms with Crippen molar-refractivity contribution < 1.29 is 23.1 Å². The summed E-state index contributed by atoms with van der Waals surface area (Å²) < 4.78 is 32.9. The number of amides is 2. The van der Waals surface area contributed by atoms with Gasteiger partial charge in [-0.05, 0) is 63.1 Å². The van der Waals surface area contributed by atoms with Crippen LogP contribution in [0.25, 0.3) is 0 Å². The number of carbonyl (C=O) groups is 2. The molecule has 0 aromatic heterocycles. The number of rotatable bonds is 2. The second kappa shape index (κ2) is 7.63. The number of fused-ring (bicyclic) bond motifs is 2. The van der Waals surface area contributed by atoms with E-state index in [1.165, 1.54) is 17.1 Å². The fourth-order valence-electron chi connectivity index (χ4n) is 4.92. The normalized spacial score (nSPS) is 28.2. The summed E-state index contributed by atoms with van der Waals surface area (Å²) in [7, 11) is 0. The van der Waals surface area contributed by atoms with Gasteiger partial charge >= 0.3 is 6.09 Å². The molecule has 2 aliphatic heterocycles. The molecule has 1 aromatic carbocycles. The van der Waals surface area contributed by atoms with E-state index < -0.39 is 23.3 Å². The highest BCUT2D eigenvalue weighted by molar-refractivity contribution is 5.83. The van der Waals surface area contributed by atoms with Gasteiger partial charge in [0, 0.05) is 37.7 Å². The van der Waals surface area contributed by atoms with Gasteiger partial charge in [0.1, 0.15) is 17.2 Å². The Morgan fingerprint density at radius 3 is 2.23 bits per heavy atom. The zero-order valence-electron chi connectivity index (χ0n) is 17.5. The summed E-state index contributed by atoms with van der Waals surface area (Å²) in [6, 6.07) is 2.81. The van der Waals surface area contributed by atoms with Crippen molar-refractivity contribution >= 4 is 18.2 Å². The molecule has 6 nitrogen and oxygen atoms in total. The van der Waals surface area contributed by atoms with Crippen LogP contribution in [0.3, 0.4) is 0 Å². The molecule has 3 atom stereocenters. The lowest BCUT2D eigenvalue weighted by atomic mass is 9.84. The third-order valence-corrected chi connectivity index (χ3v) is 6.10. The van der Waals surface area contributed by atoms with Crippen LogP contribution in [0.15, 0.2) is 23.3 Å². The van der Waals surface area contributed by atoms with Crippen LogP contribution >= 0.6 is 0 Å². The second-order valence-electron chi connectivity index (χ2n) is 9.44. The van der Waals surface area contributed by atoms with E-state index in [2.05, 4.69) is 5.10 Å². The van der Waals surface area contributed by atoms with Crippen molar-refractivity contribution in [3.8, 4) is 0 Å². The van der Waals surface area contributed by atoms with E-state index >= 15 is 0 Å². The summed E-state index contributed by atoms with van der Waals surface area (Å²) in [4.78, 5) is 27.6. The highest BCUT2D eigenvalue weighted by Crippen LogP contribution is 2.45. The lowest BCUT2D eigenvalue weighted by Gasteiger charge is -2.39. The molecule has 1 saturated carbocycles. The third-order valence-electron chi connectivity index (χ3n) is 6.10. The molecule has 8 heteroatoms. The number of benzene rings is 1. The van der Waals surface area contributed by atoms with Crippen molar-refractivity contribution in [2.24, 2.45) is 22.9 Å². The minimum atomic E-state index is -0.671. The molecule has 0 N–H and O–H groups in total. The van der Waals surface area contributed by atoms with Gasteiger partial charge in [0.2, 0.25) is 5.91 Å². The fraction of sp³-hybridized carbons (Fsp3) is 0.591. The van der Waals surface area contributed by atoms with Crippen molar-refractivity contribution in [3.63, 3.8) is 0 Å². The smallest absolute Gasteiger partial charge is 0.410 e. The Bertz CT molecular complexity index is 849. The molecule has 3 unspecified atom stereocenters. The Labute approximate surface area is 174 Å². The number of halogens is 2. The average Bonchev–Trinajstić information content (AvgIpc) is 3.21. The Morgan fingerprint density at radius 1 is 1.07 bits per heavy atom. The van der Waals surface area contributed by atoms with Crippen molar-refractivity contribution in [2.75, 3.05) is 13.1 Å². The highest BCUT2D eigenvalue weighted by atomic mass is 19.1. The van der Waals surface area contributed by atoms with Crippen LogP contribution in [0.2, 0.25) is 0 Å². The van der Waals surface area contributed by atoms with Crippen molar-refractivity contribution in [1.29, 1.82) is 0 Å². The number of ether oxygens (including phenoxy) is 1. The van der Waals surface area contributed by atoms with Gasteiger partial charge in [-0.15, -0.1) is 0 Å². The van der Waals surface area contributed by atoms with Crippen LogP contribution < -0.4 is 0 Å². The second-order valence-corrected chi connectivity index (χ2v) is 9.44. The lowest BCUT2D eigenvalue weighted by molar-refractivity contribution is -0.142. The molecule has 2 bridgehead atoms. The molecule has 0 spiro atoms. The van der Waals surface area contributed by atoms with E-state index in [9.17, 15) is 18.4 Å². The van der Waals surface area contributed by atoms with Crippen LogP contribution in [0.1, 0.15) is 51.6 Å². The number of nitrogens with zero attached hydrogens (tertiary/aromatic N) is 3. The Hall–Kier alpha value is -2.51. The monoisotopic (exact) mass is 419 g/mol. The largest absolute Gasteiger partial charge is 0.444 e. The van der Waals surface area contributed by atoms with Crippen LogP contribution in [0.5, 0.6) is 0 Å². The number of hydrogen-bond acceptors (Lipinski definition) is 4. The number of likely N-dealkylation sites (tertiary alicyclic amines) is 1. The summed E-state index contributed by atoms with van der Waals surface area (Å²) in [6.45, 7) is 6.43. The topological polar surface area (TPSA) is 62.2 Å². The van der Waals surface area contributed by atoms with E-state index in [1.54, 1.807) is 11.1 Å². The van der Waals surface area contributed by atoms with Crippen LogP contribution in [-0.4, -0.2) is 46.8 Å². The van der Waals surface area contributed by atoms with Gasteiger partial charge in [-0.2, -0.15) is 5.10 Å². The molecule has 3 aliphatic rings. The maximum absolute atomic E-state index is 13.7. The SMILES string of the molecule is CC(C)(C)OC(=O)N1CC2CCC(C1)C2C(=O)N1N=CCC1c1cc(F)cc(F)c1. The number of carbonyl (C=O) groups excluding carboxylic acids is 2. The molecule has 2 fully saturated rings. The van der Waals surface area contributed by atoms with Gasteiger partial charge in [0.15, 0.2) is 0 Å². The summed E-state index contributed by atoms with van der Waals surface area (Å²) in [6.07, 6.45) is 3.40. The molecular formula is C22H27F2N3O3. The predicted molar refractivity (Wildman–Crippen MR) is 107 cm³/mol. The third kappa shape index (κ3) is 4.04. The number of piperidine rings is 1. The van der Waals surface area contributed by atoms with Crippen molar-refractivity contribution in [2.45, 2.75) is 51.7 Å². The average molecular weight is 419 g/mol. The van der Waals surface area contributed by atoms with E-state index in [4.69, 9.17) is 4.74 Å². The highest BCUT2D eigenvalue weighted by Gasteiger charge is 2.50. The van der Waals surface area contributed by atoms with E-state index in [0.717, 1.165) is 18.9 Å². The van der Waals surface area contributed by atoms with E-state index in [1.807, 2.05) is 20.8 Å². The Kier molecular flexibility index (Phi) is 5.28. The molecule has 2 heterocycles. The van der Waals surface area contributed by atoms with Gasteiger partial charge < -0.3 is 9.64 Å². The zero-order valence-corrected chi connectivity index (χ0v) is 17.5. The molecule has 30 heavy (non-hydrogen) atoms. The van der Waals surface area contributed by atoms with Gasteiger partial charge in [-0.25, -0.2) is 18.6 Å². The number of hydrogen-bond donors (Lipinski definition) is 0. The quantitative estimate of drug-likeness (QED) is 0.725. The molecular weight excluding hydrogens is 392 g/mol. The molecule has 0 radical (unpaired) electrons. The lowest BCUT2D eigenvalue weighted by Crippen LogP contribution is -2.50. The fourth-order valence-corrected chi connectivity index (χ4v) is 4.92. The standard InChI is InChI=1S/C22H27F2N3O3/c1-22(2,3)30-21(29)26-11-13-4-5-14(12-26)19(13)20(28)27-18(6-7-25-27)15-8-16(23)10-17(24)9-15/h7-10,13-14,18-19H,4-6,11-12H2,1-3H3. The predicted octanol–water partition coefficient (Wildman–Crippen LogP) is 4.12. The minimum absolute atomic E-state index is 0.0319. The van der Waals surface area contributed by atoms with Gasteiger partial charge in [0.05, 0.1) is 6.04 Å².